The van der Waals surface area contributed by atoms with Gasteiger partial charge >= 0.3 is 12.2 Å². The lowest BCUT2D eigenvalue weighted by atomic mass is 9.97. The number of carbonyl (C=O) groups excluding carboxylic acids is 2. The first-order valence-electron chi connectivity index (χ1n) is 11.5. The monoisotopic (exact) mass is 525 g/mol. The largest absolute Gasteiger partial charge is 0.417 e. The molecule has 3 rings (SSSR count). The number of hydrogen-bond donors (Lipinski definition) is 2. The normalized spacial score (nSPS) is 19.1. The Hall–Kier alpha value is -2.95. The number of hydrogen-bond acceptors (Lipinski definition) is 6. The first-order valence-corrected chi connectivity index (χ1v) is 11.9. The number of rotatable bonds is 6. The zero-order chi connectivity index (χ0) is 26.8. The second-order valence-electron chi connectivity index (χ2n) is 9.58. The van der Waals surface area contributed by atoms with Gasteiger partial charge in [-0.2, -0.15) is 18.4 Å². The minimum Gasteiger partial charge on any atom is -0.336 e. The number of amides is 3. The van der Waals surface area contributed by atoms with Gasteiger partial charge in [-0.1, -0.05) is 0 Å². The molecule has 2 fully saturated rings. The Bertz CT molecular complexity index is 1060. The Balaban J connectivity index is 1.72. The maximum atomic E-state index is 13.5. The number of nitriles is 1. The van der Waals surface area contributed by atoms with Gasteiger partial charge in [-0.25, -0.2) is 9.80 Å². The summed E-state index contributed by atoms with van der Waals surface area (Å²) in [6.07, 6.45) is -3.58. The topological polar surface area (TPSA) is 95.0 Å². The third kappa shape index (κ3) is 5.71. The van der Waals surface area contributed by atoms with Gasteiger partial charge in [0.05, 0.1) is 22.9 Å². The van der Waals surface area contributed by atoms with Crippen LogP contribution in [0.4, 0.5) is 23.7 Å². The second kappa shape index (κ2) is 10.6. The predicted molar refractivity (Wildman–Crippen MR) is 132 cm³/mol. The Morgan fingerprint density at radius 2 is 1.92 bits per heavy atom. The van der Waals surface area contributed by atoms with Crippen molar-refractivity contribution < 1.29 is 22.8 Å². The van der Waals surface area contributed by atoms with E-state index in [1.54, 1.807) is 29.8 Å². The molecule has 0 bridgehead atoms. The molecule has 36 heavy (non-hydrogen) atoms. The average Bonchev–Trinajstić information content (AvgIpc) is 2.97. The third-order valence-corrected chi connectivity index (χ3v) is 6.73. The molecule has 0 atom stereocenters. The fraction of sp³-hybridized carbons (Fsp3) is 0.565. The highest BCUT2D eigenvalue weighted by Gasteiger charge is 2.52. The number of benzene rings is 1. The zero-order valence-electron chi connectivity index (χ0n) is 20.6. The van der Waals surface area contributed by atoms with Gasteiger partial charge in [0.25, 0.3) is 5.91 Å². The van der Waals surface area contributed by atoms with Crippen LogP contribution in [0.15, 0.2) is 18.2 Å². The average molecular weight is 526 g/mol. The van der Waals surface area contributed by atoms with Crippen molar-refractivity contribution in [3.05, 3.63) is 29.3 Å². The summed E-state index contributed by atoms with van der Waals surface area (Å²) in [5.74, 6) is -0.439. The van der Waals surface area contributed by atoms with Crippen LogP contribution >= 0.6 is 12.2 Å². The van der Waals surface area contributed by atoms with Gasteiger partial charge in [0.1, 0.15) is 5.54 Å². The van der Waals surface area contributed by atoms with Crippen LogP contribution in [0.2, 0.25) is 0 Å². The molecule has 0 aliphatic carbocycles. The summed E-state index contributed by atoms with van der Waals surface area (Å²) in [5.41, 5.74) is 0.0738. The van der Waals surface area contributed by atoms with Crippen LogP contribution in [0.1, 0.15) is 37.8 Å². The van der Waals surface area contributed by atoms with Crippen molar-refractivity contribution >= 4 is 35.0 Å². The summed E-state index contributed by atoms with van der Waals surface area (Å²) < 4.78 is 40.5. The Morgan fingerprint density at radius 1 is 1.28 bits per heavy atom. The van der Waals surface area contributed by atoms with Crippen molar-refractivity contribution in [3.8, 4) is 6.07 Å². The molecule has 9 nitrogen and oxygen atoms in total. The maximum absolute atomic E-state index is 13.5. The van der Waals surface area contributed by atoms with Crippen molar-refractivity contribution in [2.75, 3.05) is 45.2 Å². The van der Waals surface area contributed by atoms with Crippen molar-refractivity contribution in [1.82, 2.24) is 25.6 Å². The predicted octanol–water partition coefficient (Wildman–Crippen LogP) is 2.53. The lowest BCUT2D eigenvalue weighted by Crippen LogP contribution is -2.57. The van der Waals surface area contributed by atoms with Gasteiger partial charge in [-0.05, 0) is 71.2 Å². The van der Waals surface area contributed by atoms with E-state index in [1.165, 1.54) is 6.07 Å². The molecule has 1 aromatic rings. The zero-order valence-corrected chi connectivity index (χ0v) is 21.5. The second-order valence-corrected chi connectivity index (χ2v) is 9.95. The number of nitrogens with zero attached hydrogens (tertiary/aromatic N) is 5. The van der Waals surface area contributed by atoms with Crippen LogP contribution in [-0.4, -0.2) is 83.7 Å². The SMILES string of the molecule is CN(C)CCNC(=O)NN1CCC(N2C(=S)N(c3ccc(C#N)c(C(F)(F)F)c3)C(=O)C2(C)C)CC1. The standard InChI is InChI=1S/C23H30F3N7O2S/c1-22(2)19(34)32(17-6-5-15(14-27)18(13-17)23(24,25)26)21(36)33(22)16-7-10-31(11-8-16)29-20(35)28-9-12-30(3)4/h5-6,13,16H,7-12H2,1-4H3,(H2,28,29,35). The number of alkyl halides is 3. The maximum Gasteiger partial charge on any atom is 0.417 e. The molecule has 0 spiro atoms. The molecule has 0 saturated carbocycles. The van der Waals surface area contributed by atoms with Crippen LogP contribution in [0.3, 0.4) is 0 Å². The van der Waals surface area contributed by atoms with Crippen LogP contribution in [-0.2, 0) is 11.0 Å². The van der Waals surface area contributed by atoms with Crippen molar-refractivity contribution in [2.24, 2.45) is 0 Å². The lowest BCUT2D eigenvalue weighted by molar-refractivity contribution is -0.137. The van der Waals surface area contributed by atoms with E-state index in [9.17, 15) is 22.8 Å². The number of urea groups is 1. The number of thiocarbonyl (C=S) groups is 1. The van der Waals surface area contributed by atoms with Gasteiger partial charge in [0.15, 0.2) is 5.11 Å². The third-order valence-electron chi connectivity index (χ3n) is 6.35. The van der Waals surface area contributed by atoms with Crippen molar-refractivity contribution in [3.63, 3.8) is 0 Å². The summed E-state index contributed by atoms with van der Waals surface area (Å²) in [7, 11) is 3.83. The molecule has 2 aliphatic rings. The Morgan fingerprint density at radius 3 is 2.47 bits per heavy atom. The molecule has 0 radical (unpaired) electrons. The van der Waals surface area contributed by atoms with E-state index in [-0.39, 0.29) is 22.9 Å². The molecule has 0 unspecified atom stereocenters. The first kappa shape index (κ1) is 27.6. The molecule has 1 aromatic carbocycles. The summed E-state index contributed by atoms with van der Waals surface area (Å²) in [6.45, 7) is 5.64. The van der Waals surface area contributed by atoms with Gasteiger partial charge in [-0.3, -0.25) is 15.1 Å². The van der Waals surface area contributed by atoms with Crippen molar-refractivity contribution in [2.45, 2.75) is 44.4 Å². The van der Waals surface area contributed by atoms with E-state index in [1.807, 2.05) is 19.0 Å². The summed E-state index contributed by atoms with van der Waals surface area (Å²) in [4.78, 5) is 30.3. The molecule has 2 aliphatic heterocycles. The molecule has 0 aromatic heterocycles. The van der Waals surface area contributed by atoms with E-state index < -0.39 is 28.7 Å². The molecule has 196 valence electrons. The highest BCUT2D eigenvalue weighted by atomic mass is 32.1. The first-order chi connectivity index (χ1) is 16.8. The van der Waals surface area contributed by atoms with Crippen LogP contribution in [0.5, 0.6) is 0 Å². The summed E-state index contributed by atoms with van der Waals surface area (Å²) >= 11 is 5.60. The number of piperidine rings is 1. The van der Waals surface area contributed by atoms with Crippen molar-refractivity contribution in [1.29, 1.82) is 5.26 Å². The lowest BCUT2D eigenvalue weighted by Gasteiger charge is -2.41. The molecule has 3 amide bonds. The van der Waals surface area contributed by atoms with E-state index in [4.69, 9.17) is 17.5 Å². The van der Waals surface area contributed by atoms with E-state index in [0.717, 1.165) is 17.0 Å². The molecular formula is C23H30F3N7O2S. The van der Waals surface area contributed by atoms with Crippen LogP contribution < -0.4 is 15.6 Å². The van der Waals surface area contributed by atoms with Gasteiger partial charge in [-0.15, -0.1) is 0 Å². The Labute approximate surface area is 213 Å². The number of nitrogens with one attached hydrogen (secondary N) is 2. The fourth-order valence-electron chi connectivity index (χ4n) is 4.47. The molecule has 2 N–H and O–H groups in total. The summed E-state index contributed by atoms with van der Waals surface area (Å²) in [5, 5.41) is 13.8. The van der Waals surface area contributed by atoms with E-state index >= 15 is 0 Å². The minimum atomic E-state index is -4.75. The number of carbonyl (C=O) groups is 2. The van der Waals surface area contributed by atoms with Crippen LogP contribution in [0.25, 0.3) is 0 Å². The fourth-order valence-corrected chi connectivity index (χ4v) is 5.03. The number of halogens is 3. The quantitative estimate of drug-likeness (QED) is 0.552. The highest BCUT2D eigenvalue weighted by Crippen LogP contribution is 2.39. The molecule has 2 heterocycles. The number of hydrazine groups is 1. The van der Waals surface area contributed by atoms with E-state index in [2.05, 4.69) is 10.7 Å². The van der Waals surface area contributed by atoms with E-state index in [0.29, 0.717) is 39.0 Å². The number of anilines is 1. The van der Waals surface area contributed by atoms with Gasteiger partial charge in [0, 0.05) is 32.2 Å². The molecular weight excluding hydrogens is 495 g/mol. The van der Waals surface area contributed by atoms with Gasteiger partial charge in [0.2, 0.25) is 0 Å². The Kier molecular flexibility index (Phi) is 8.12. The molecule has 13 heteroatoms. The highest BCUT2D eigenvalue weighted by molar-refractivity contribution is 7.80. The summed E-state index contributed by atoms with van der Waals surface area (Å²) in [6, 6.07) is 4.26. The minimum absolute atomic E-state index is 0.0274. The molecule has 2 saturated heterocycles. The van der Waals surface area contributed by atoms with Gasteiger partial charge < -0.3 is 15.1 Å². The van der Waals surface area contributed by atoms with Crippen LogP contribution in [0, 0.1) is 11.3 Å². The number of likely N-dealkylation sites (N-methyl/N-ethyl adjacent to an activating group) is 1. The smallest absolute Gasteiger partial charge is 0.336 e.